The van der Waals surface area contributed by atoms with E-state index in [9.17, 15) is 13.2 Å². The molecule has 1 N–H and O–H groups in total. The fourth-order valence-corrected chi connectivity index (χ4v) is 2.85. The predicted octanol–water partition coefficient (Wildman–Crippen LogP) is 1.55. The first kappa shape index (κ1) is 12.7. The van der Waals surface area contributed by atoms with Crippen LogP contribution in [-0.4, -0.2) is 24.7 Å². The molecule has 1 aromatic rings. The quantitative estimate of drug-likeness (QED) is 0.873. The van der Waals surface area contributed by atoms with Gasteiger partial charge in [0.05, 0.1) is 4.90 Å². The van der Waals surface area contributed by atoms with Crippen LogP contribution in [0.5, 0.6) is 0 Å². The molecule has 5 heteroatoms. The van der Waals surface area contributed by atoms with Gasteiger partial charge >= 0.3 is 5.97 Å². The van der Waals surface area contributed by atoms with Gasteiger partial charge in [-0.25, -0.2) is 8.42 Å². The third-order valence-electron chi connectivity index (χ3n) is 2.46. The van der Waals surface area contributed by atoms with Crippen molar-refractivity contribution >= 4 is 15.8 Å². The molecule has 0 fully saturated rings. The van der Waals surface area contributed by atoms with Gasteiger partial charge in [0.25, 0.3) is 0 Å². The van der Waals surface area contributed by atoms with Crippen LogP contribution < -0.4 is 0 Å². The minimum Gasteiger partial charge on any atom is -0.480 e. The summed E-state index contributed by atoms with van der Waals surface area (Å²) >= 11 is 0. The van der Waals surface area contributed by atoms with Crippen molar-refractivity contribution in [3.05, 3.63) is 29.3 Å². The van der Waals surface area contributed by atoms with Crippen molar-refractivity contribution in [3.63, 3.8) is 0 Å². The number of carbonyl (C=O) groups is 1. The van der Waals surface area contributed by atoms with E-state index in [0.717, 1.165) is 5.56 Å². The van der Waals surface area contributed by atoms with E-state index >= 15 is 0 Å². The molecule has 0 bridgehead atoms. The van der Waals surface area contributed by atoms with Crippen LogP contribution in [0.4, 0.5) is 0 Å². The lowest BCUT2D eigenvalue weighted by atomic mass is 10.2. The van der Waals surface area contributed by atoms with Gasteiger partial charge in [0.2, 0.25) is 0 Å². The van der Waals surface area contributed by atoms with E-state index in [1.165, 1.54) is 13.0 Å². The second-order valence-electron chi connectivity index (χ2n) is 3.79. The maximum absolute atomic E-state index is 12.0. The molecule has 0 radical (unpaired) electrons. The van der Waals surface area contributed by atoms with E-state index in [4.69, 9.17) is 5.11 Å². The highest BCUT2D eigenvalue weighted by molar-refractivity contribution is 7.92. The van der Waals surface area contributed by atoms with E-state index in [1.54, 1.807) is 26.0 Å². The first-order valence-electron chi connectivity index (χ1n) is 4.80. The second kappa shape index (κ2) is 4.25. The van der Waals surface area contributed by atoms with Gasteiger partial charge in [0, 0.05) is 0 Å². The van der Waals surface area contributed by atoms with Gasteiger partial charge in [-0.15, -0.1) is 0 Å². The third-order valence-corrected chi connectivity index (χ3v) is 4.65. The number of sulfone groups is 1. The number of benzene rings is 1. The van der Waals surface area contributed by atoms with Gasteiger partial charge < -0.3 is 5.11 Å². The molecule has 4 nitrogen and oxygen atoms in total. The predicted molar refractivity (Wildman–Crippen MR) is 60.2 cm³/mol. The number of aliphatic carboxylic acids is 1. The molecule has 1 rings (SSSR count). The van der Waals surface area contributed by atoms with Crippen molar-refractivity contribution in [2.24, 2.45) is 0 Å². The lowest BCUT2D eigenvalue weighted by molar-refractivity contribution is -0.136. The zero-order chi connectivity index (χ0) is 12.5. The van der Waals surface area contributed by atoms with Gasteiger partial charge in [-0.3, -0.25) is 4.79 Å². The largest absolute Gasteiger partial charge is 0.480 e. The summed E-state index contributed by atoms with van der Waals surface area (Å²) in [6.45, 7) is 4.60. The molecule has 0 heterocycles. The van der Waals surface area contributed by atoms with E-state index in [1.807, 2.05) is 0 Å². The fourth-order valence-electron chi connectivity index (χ4n) is 1.34. The van der Waals surface area contributed by atoms with Crippen LogP contribution in [-0.2, 0) is 14.6 Å². The van der Waals surface area contributed by atoms with Crippen molar-refractivity contribution in [2.75, 3.05) is 0 Å². The molecule has 1 aromatic carbocycles. The van der Waals surface area contributed by atoms with E-state index in [2.05, 4.69) is 0 Å². The molecule has 0 aromatic heterocycles. The standard InChI is InChI=1S/C11H14O4S/c1-7-4-5-8(2)10(6-7)16(14,15)9(3)11(12)13/h4-6,9H,1-3H3,(H,12,13). The van der Waals surface area contributed by atoms with Crippen LogP contribution in [0, 0.1) is 13.8 Å². The molecule has 0 aliphatic rings. The Hall–Kier alpha value is -1.36. The minimum atomic E-state index is -3.79. The Morgan fingerprint density at radius 1 is 1.31 bits per heavy atom. The zero-order valence-electron chi connectivity index (χ0n) is 9.39. The number of carboxylic acids is 1. The third kappa shape index (κ3) is 2.24. The number of carboxylic acid groups (broad SMARTS) is 1. The Kier molecular flexibility index (Phi) is 3.38. The smallest absolute Gasteiger partial charge is 0.321 e. The molecule has 16 heavy (non-hydrogen) atoms. The van der Waals surface area contributed by atoms with Gasteiger partial charge in [-0.1, -0.05) is 12.1 Å². The van der Waals surface area contributed by atoms with Gasteiger partial charge in [-0.2, -0.15) is 0 Å². The molecule has 88 valence electrons. The van der Waals surface area contributed by atoms with E-state index < -0.39 is 21.1 Å². The first-order valence-corrected chi connectivity index (χ1v) is 6.35. The van der Waals surface area contributed by atoms with Gasteiger partial charge in [-0.05, 0) is 38.0 Å². The van der Waals surface area contributed by atoms with Crippen molar-refractivity contribution in [2.45, 2.75) is 30.9 Å². The molecular formula is C11H14O4S. The normalized spacial score (nSPS) is 13.4. The maximum atomic E-state index is 12.0. The monoisotopic (exact) mass is 242 g/mol. The zero-order valence-corrected chi connectivity index (χ0v) is 10.2. The molecule has 1 unspecified atom stereocenters. The van der Waals surface area contributed by atoms with Crippen LogP contribution in [0.25, 0.3) is 0 Å². The van der Waals surface area contributed by atoms with Crippen molar-refractivity contribution in [1.29, 1.82) is 0 Å². The highest BCUT2D eigenvalue weighted by atomic mass is 32.2. The summed E-state index contributed by atoms with van der Waals surface area (Å²) < 4.78 is 23.9. The van der Waals surface area contributed by atoms with Crippen LogP contribution in [0.3, 0.4) is 0 Å². The Morgan fingerprint density at radius 3 is 2.38 bits per heavy atom. The summed E-state index contributed by atoms with van der Waals surface area (Å²) in [6, 6.07) is 4.97. The van der Waals surface area contributed by atoms with Crippen molar-refractivity contribution in [1.82, 2.24) is 0 Å². The lowest BCUT2D eigenvalue weighted by Crippen LogP contribution is -2.27. The molecular weight excluding hydrogens is 228 g/mol. The van der Waals surface area contributed by atoms with Crippen LogP contribution in [0.2, 0.25) is 0 Å². The minimum absolute atomic E-state index is 0.0994. The summed E-state index contributed by atoms with van der Waals surface area (Å²) in [5.41, 5.74) is 1.36. The summed E-state index contributed by atoms with van der Waals surface area (Å²) in [4.78, 5) is 10.8. The Bertz CT molecular complexity index is 517. The Morgan fingerprint density at radius 2 is 1.88 bits per heavy atom. The summed E-state index contributed by atoms with van der Waals surface area (Å²) in [5.74, 6) is -1.33. The fraction of sp³-hybridized carbons (Fsp3) is 0.364. The molecule has 1 atom stereocenters. The molecule has 0 saturated heterocycles. The van der Waals surface area contributed by atoms with Gasteiger partial charge in [0.15, 0.2) is 15.1 Å². The Labute approximate surface area is 94.8 Å². The van der Waals surface area contributed by atoms with Gasteiger partial charge in [0.1, 0.15) is 0 Å². The molecule has 0 aliphatic heterocycles. The Balaban J connectivity index is 3.38. The number of rotatable bonds is 3. The van der Waals surface area contributed by atoms with Crippen LogP contribution in [0.15, 0.2) is 23.1 Å². The highest BCUT2D eigenvalue weighted by Crippen LogP contribution is 2.21. The summed E-state index contributed by atoms with van der Waals surface area (Å²) in [7, 11) is -3.79. The molecule has 0 saturated carbocycles. The molecule has 0 amide bonds. The van der Waals surface area contributed by atoms with Crippen molar-refractivity contribution < 1.29 is 18.3 Å². The molecule has 0 aliphatic carbocycles. The number of hydrogen-bond acceptors (Lipinski definition) is 3. The highest BCUT2D eigenvalue weighted by Gasteiger charge is 2.30. The SMILES string of the molecule is Cc1ccc(C)c(S(=O)(=O)C(C)C(=O)O)c1. The lowest BCUT2D eigenvalue weighted by Gasteiger charge is -2.11. The number of aryl methyl sites for hydroxylation is 2. The van der Waals surface area contributed by atoms with Crippen molar-refractivity contribution in [3.8, 4) is 0 Å². The van der Waals surface area contributed by atoms with E-state index in [-0.39, 0.29) is 4.90 Å². The summed E-state index contributed by atoms with van der Waals surface area (Å²) in [6.07, 6.45) is 0. The maximum Gasteiger partial charge on any atom is 0.321 e. The van der Waals surface area contributed by atoms with E-state index in [0.29, 0.717) is 5.56 Å². The summed E-state index contributed by atoms with van der Waals surface area (Å²) in [5, 5.41) is 7.34. The van der Waals surface area contributed by atoms with Crippen LogP contribution in [0.1, 0.15) is 18.1 Å². The van der Waals surface area contributed by atoms with Crippen LogP contribution >= 0.6 is 0 Å². The average molecular weight is 242 g/mol. The first-order chi connectivity index (χ1) is 7.26. The average Bonchev–Trinajstić information content (AvgIpc) is 2.20. The topological polar surface area (TPSA) is 71.4 Å². The second-order valence-corrected chi connectivity index (χ2v) is 6.03. The number of hydrogen-bond donors (Lipinski definition) is 1. The molecule has 0 spiro atoms.